The van der Waals surface area contributed by atoms with Gasteiger partial charge in [0.1, 0.15) is 5.82 Å². The van der Waals surface area contributed by atoms with Crippen molar-refractivity contribution in [3.8, 4) is 0 Å². The molecule has 1 heterocycles. The summed E-state index contributed by atoms with van der Waals surface area (Å²) in [5, 5.41) is 3.11. The Morgan fingerprint density at radius 2 is 1.67 bits per heavy atom. The van der Waals surface area contributed by atoms with Gasteiger partial charge in [0.25, 0.3) is 5.91 Å². The minimum atomic E-state index is -0.0820. The van der Waals surface area contributed by atoms with Crippen LogP contribution in [0.2, 0.25) is 0 Å². The van der Waals surface area contributed by atoms with Crippen LogP contribution in [0.1, 0.15) is 49.2 Å². The molecule has 0 saturated carbocycles. The average Bonchev–Trinajstić information content (AvgIpc) is 2.63. The Morgan fingerprint density at radius 3 is 2.21 bits per heavy atom. The van der Waals surface area contributed by atoms with Gasteiger partial charge in [0.2, 0.25) is 0 Å². The van der Waals surface area contributed by atoms with Crippen molar-refractivity contribution in [2.75, 3.05) is 23.3 Å². The quantitative estimate of drug-likeness (QED) is 0.825. The maximum absolute atomic E-state index is 12.7. The lowest BCUT2D eigenvalue weighted by molar-refractivity contribution is 0.102. The number of nitrogens with one attached hydrogen (secondary N) is 1. The molecule has 1 amide bonds. The van der Waals surface area contributed by atoms with Crippen LogP contribution in [-0.4, -0.2) is 24.0 Å². The molecule has 1 aromatic heterocycles. The molecule has 2 aromatic rings. The Kier molecular flexibility index (Phi) is 6.36. The molecule has 0 radical (unpaired) electrons. The number of hydrogen-bond acceptors (Lipinski definition) is 3. The topological polar surface area (TPSA) is 45.2 Å². The van der Waals surface area contributed by atoms with Crippen LogP contribution in [0, 0.1) is 0 Å². The van der Waals surface area contributed by atoms with E-state index in [1.807, 2.05) is 6.07 Å². The van der Waals surface area contributed by atoms with Crippen LogP contribution >= 0.6 is 0 Å². The number of aromatic nitrogens is 1. The second kappa shape index (κ2) is 8.48. The van der Waals surface area contributed by atoms with E-state index in [-0.39, 0.29) is 5.91 Å². The molecule has 4 heteroatoms. The summed E-state index contributed by atoms with van der Waals surface area (Å²) in [6.45, 7) is 10.1. The van der Waals surface area contributed by atoms with E-state index in [0.29, 0.717) is 5.56 Å². The fourth-order valence-corrected chi connectivity index (χ4v) is 2.87. The van der Waals surface area contributed by atoms with E-state index >= 15 is 0 Å². The van der Waals surface area contributed by atoms with Gasteiger partial charge in [0.05, 0.1) is 0 Å². The maximum atomic E-state index is 12.7. The number of carbonyl (C=O) groups excluding carboxylic acids is 1. The Morgan fingerprint density at radius 1 is 1.04 bits per heavy atom. The first kappa shape index (κ1) is 18.0. The third-order valence-corrected chi connectivity index (χ3v) is 4.33. The Bertz CT molecular complexity index is 671. The molecule has 0 atom stereocenters. The van der Waals surface area contributed by atoms with Crippen LogP contribution in [-0.2, 0) is 12.8 Å². The summed E-state index contributed by atoms with van der Waals surface area (Å²) in [4.78, 5) is 19.3. The smallest absolute Gasteiger partial charge is 0.255 e. The average molecular weight is 325 g/mol. The summed E-state index contributed by atoms with van der Waals surface area (Å²) in [7, 11) is 0. The molecular weight excluding hydrogens is 298 g/mol. The predicted octanol–water partition coefficient (Wildman–Crippen LogP) is 4.30. The number of anilines is 2. The second-order valence-corrected chi connectivity index (χ2v) is 5.69. The highest BCUT2D eigenvalue weighted by Gasteiger charge is 2.13. The van der Waals surface area contributed by atoms with Crippen molar-refractivity contribution in [2.24, 2.45) is 0 Å². The van der Waals surface area contributed by atoms with E-state index in [1.54, 1.807) is 12.3 Å². The molecule has 0 fully saturated rings. The number of amides is 1. The minimum Gasteiger partial charge on any atom is -0.357 e. The summed E-state index contributed by atoms with van der Waals surface area (Å²) >= 11 is 0. The first-order valence-electron chi connectivity index (χ1n) is 8.77. The molecule has 0 unspecified atom stereocenters. The van der Waals surface area contributed by atoms with Gasteiger partial charge in [0.15, 0.2) is 0 Å². The van der Waals surface area contributed by atoms with Crippen molar-refractivity contribution in [2.45, 2.75) is 40.5 Å². The standard InChI is InChI=1S/C20H27N3O/c1-5-15-10-9-11-16(6-2)19(15)22-20(24)17-12-13-21-18(14-17)23(7-3)8-4/h9-14H,5-8H2,1-4H3,(H,22,24). The van der Waals surface area contributed by atoms with Gasteiger partial charge in [-0.1, -0.05) is 32.0 Å². The number of pyridine rings is 1. The maximum Gasteiger partial charge on any atom is 0.255 e. The Hall–Kier alpha value is -2.36. The highest BCUT2D eigenvalue weighted by molar-refractivity contribution is 6.05. The number of benzene rings is 1. The second-order valence-electron chi connectivity index (χ2n) is 5.69. The van der Waals surface area contributed by atoms with Crippen LogP contribution in [0.15, 0.2) is 36.5 Å². The largest absolute Gasteiger partial charge is 0.357 e. The van der Waals surface area contributed by atoms with E-state index in [4.69, 9.17) is 0 Å². The highest BCUT2D eigenvalue weighted by Crippen LogP contribution is 2.23. The van der Waals surface area contributed by atoms with Crippen LogP contribution in [0.25, 0.3) is 0 Å². The lowest BCUT2D eigenvalue weighted by Crippen LogP contribution is -2.23. The van der Waals surface area contributed by atoms with Crippen LogP contribution in [0.4, 0.5) is 11.5 Å². The van der Waals surface area contributed by atoms with Crippen LogP contribution in [0.5, 0.6) is 0 Å². The van der Waals surface area contributed by atoms with Crippen LogP contribution in [0.3, 0.4) is 0 Å². The first-order chi connectivity index (χ1) is 11.6. The van der Waals surface area contributed by atoms with Crippen molar-refractivity contribution in [3.05, 3.63) is 53.2 Å². The molecule has 0 aliphatic heterocycles. The molecular formula is C20H27N3O. The van der Waals surface area contributed by atoms with Gasteiger partial charge >= 0.3 is 0 Å². The molecule has 0 aliphatic rings. The SMILES string of the molecule is CCc1cccc(CC)c1NC(=O)c1ccnc(N(CC)CC)c1. The van der Waals surface area contributed by atoms with Crippen molar-refractivity contribution in [3.63, 3.8) is 0 Å². The lowest BCUT2D eigenvalue weighted by Gasteiger charge is -2.20. The molecule has 0 aliphatic carbocycles. The minimum absolute atomic E-state index is 0.0820. The van der Waals surface area contributed by atoms with Gasteiger partial charge in [-0.05, 0) is 49.9 Å². The predicted molar refractivity (Wildman–Crippen MR) is 101 cm³/mol. The highest BCUT2D eigenvalue weighted by atomic mass is 16.1. The molecule has 0 bridgehead atoms. The normalized spacial score (nSPS) is 10.5. The fourth-order valence-electron chi connectivity index (χ4n) is 2.87. The molecule has 2 rings (SSSR count). The molecule has 1 N–H and O–H groups in total. The molecule has 0 saturated heterocycles. The number of aryl methyl sites for hydroxylation is 2. The number of carbonyl (C=O) groups is 1. The number of nitrogens with zero attached hydrogens (tertiary/aromatic N) is 2. The Labute approximate surface area is 144 Å². The molecule has 1 aromatic carbocycles. The van der Waals surface area contributed by atoms with E-state index in [0.717, 1.165) is 37.4 Å². The van der Waals surface area contributed by atoms with Gasteiger partial charge in [-0.25, -0.2) is 4.98 Å². The van der Waals surface area contributed by atoms with Crippen molar-refractivity contribution in [1.29, 1.82) is 0 Å². The van der Waals surface area contributed by atoms with Gasteiger partial charge in [-0.3, -0.25) is 4.79 Å². The summed E-state index contributed by atoms with van der Waals surface area (Å²) in [6.07, 6.45) is 3.49. The lowest BCUT2D eigenvalue weighted by atomic mass is 10.0. The monoisotopic (exact) mass is 325 g/mol. The van der Waals surface area contributed by atoms with Crippen molar-refractivity contribution < 1.29 is 4.79 Å². The zero-order chi connectivity index (χ0) is 17.5. The summed E-state index contributed by atoms with van der Waals surface area (Å²) in [6, 6.07) is 9.83. The van der Waals surface area contributed by atoms with Crippen LogP contribution < -0.4 is 10.2 Å². The first-order valence-corrected chi connectivity index (χ1v) is 8.77. The Balaban J connectivity index is 2.29. The zero-order valence-corrected chi connectivity index (χ0v) is 15.1. The third kappa shape index (κ3) is 3.94. The summed E-state index contributed by atoms with van der Waals surface area (Å²) < 4.78 is 0. The fraction of sp³-hybridized carbons (Fsp3) is 0.400. The number of hydrogen-bond donors (Lipinski definition) is 1. The van der Waals surface area contributed by atoms with Gasteiger partial charge in [-0.15, -0.1) is 0 Å². The molecule has 24 heavy (non-hydrogen) atoms. The van der Waals surface area contributed by atoms with E-state index < -0.39 is 0 Å². The summed E-state index contributed by atoms with van der Waals surface area (Å²) in [5.41, 5.74) is 3.93. The van der Waals surface area contributed by atoms with Gasteiger partial charge < -0.3 is 10.2 Å². The van der Waals surface area contributed by atoms with Crippen molar-refractivity contribution in [1.82, 2.24) is 4.98 Å². The molecule has 0 spiro atoms. The van der Waals surface area contributed by atoms with Crippen molar-refractivity contribution >= 4 is 17.4 Å². The van der Waals surface area contributed by atoms with Gasteiger partial charge in [0, 0.05) is 30.5 Å². The third-order valence-electron chi connectivity index (χ3n) is 4.33. The van der Waals surface area contributed by atoms with E-state index in [1.165, 1.54) is 11.1 Å². The molecule has 128 valence electrons. The van der Waals surface area contributed by atoms with Gasteiger partial charge in [-0.2, -0.15) is 0 Å². The molecule has 4 nitrogen and oxygen atoms in total. The van der Waals surface area contributed by atoms with E-state index in [9.17, 15) is 4.79 Å². The zero-order valence-electron chi connectivity index (χ0n) is 15.1. The summed E-state index contributed by atoms with van der Waals surface area (Å²) in [5.74, 6) is 0.758. The number of rotatable bonds is 7. The number of para-hydroxylation sites is 1. The van der Waals surface area contributed by atoms with E-state index in [2.05, 4.69) is 61.1 Å².